The maximum Gasteiger partial charge on any atom is 0.238 e. The highest BCUT2D eigenvalue weighted by Gasteiger charge is 2.16. The largest absolute Gasteiger partial charge is 0.323 e. The smallest absolute Gasteiger partial charge is 0.238 e. The van der Waals surface area contributed by atoms with Gasteiger partial charge in [0.15, 0.2) is 5.82 Å². The molecule has 0 bridgehead atoms. The van der Waals surface area contributed by atoms with Crippen LogP contribution >= 0.6 is 0 Å². The molecule has 5 nitrogen and oxygen atoms in total. The van der Waals surface area contributed by atoms with E-state index < -0.39 is 35.6 Å². The predicted molar refractivity (Wildman–Crippen MR) is 59.5 cm³/mol. The summed E-state index contributed by atoms with van der Waals surface area (Å²) in [7, 11) is 0. The highest BCUT2D eigenvalue weighted by Crippen LogP contribution is 2.25. The summed E-state index contributed by atoms with van der Waals surface area (Å²) in [6.07, 6.45) is -0.452. The first kappa shape index (κ1) is 13.6. The Balaban J connectivity index is 3.05. The number of amides is 2. The minimum Gasteiger partial charge on any atom is -0.323 e. The Hall–Kier alpha value is -2.49. The molecule has 0 fully saturated rings. The average Bonchev–Trinajstić information content (AvgIpc) is 2.28. The number of nitrogens with one attached hydrogen (secondary N) is 2. The van der Waals surface area contributed by atoms with Crippen molar-refractivity contribution in [3.8, 4) is 6.07 Å². The summed E-state index contributed by atoms with van der Waals surface area (Å²) in [5.41, 5.74) is -0.947. The standard InChI is InChI=1S/C11H9F2N3O2/c1-6(17)15-11-7(12)2-3-8(10(11)13)16-9(18)4-5-14/h2-3H,4H2,1H3,(H,15,17)(H,16,18). The molecule has 0 radical (unpaired) electrons. The fourth-order valence-electron chi connectivity index (χ4n) is 1.21. The number of rotatable bonds is 3. The van der Waals surface area contributed by atoms with Gasteiger partial charge in [-0.1, -0.05) is 0 Å². The summed E-state index contributed by atoms with van der Waals surface area (Å²) in [5.74, 6) is -3.43. The normalized spacial score (nSPS) is 9.44. The van der Waals surface area contributed by atoms with Crippen LogP contribution in [-0.2, 0) is 9.59 Å². The maximum atomic E-state index is 13.7. The van der Waals surface area contributed by atoms with Crippen molar-refractivity contribution in [1.82, 2.24) is 0 Å². The van der Waals surface area contributed by atoms with Crippen molar-refractivity contribution in [2.24, 2.45) is 0 Å². The van der Waals surface area contributed by atoms with Crippen molar-refractivity contribution in [2.75, 3.05) is 10.6 Å². The van der Waals surface area contributed by atoms with Gasteiger partial charge in [0, 0.05) is 6.92 Å². The van der Waals surface area contributed by atoms with Gasteiger partial charge >= 0.3 is 0 Å². The number of hydrogen-bond acceptors (Lipinski definition) is 3. The number of carbonyl (C=O) groups is 2. The minimum atomic E-state index is -1.10. The zero-order valence-electron chi connectivity index (χ0n) is 9.38. The number of nitrogens with zero attached hydrogens (tertiary/aromatic N) is 1. The van der Waals surface area contributed by atoms with Crippen molar-refractivity contribution >= 4 is 23.2 Å². The first-order valence-electron chi connectivity index (χ1n) is 4.88. The number of nitriles is 1. The van der Waals surface area contributed by atoms with Crippen LogP contribution in [-0.4, -0.2) is 11.8 Å². The van der Waals surface area contributed by atoms with E-state index in [4.69, 9.17) is 5.26 Å². The zero-order chi connectivity index (χ0) is 13.7. The lowest BCUT2D eigenvalue weighted by Crippen LogP contribution is -2.14. The Kier molecular flexibility index (Phi) is 4.32. The molecule has 0 aliphatic rings. The van der Waals surface area contributed by atoms with Gasteiger partial charge in [-0.25, -0.2) is 8.78 Å². The van der Waals surface area contributed by atoms with Crippen molar-refractivity contribution in [1.29, 1.82) is 5.26 Å². The minimum absolute atomic E-state index is 0.305. The first-order chi connectivity index (χ1) is 8.45. The van der Waals surface area contributed by atoms with Crippen molar-refractivity contribution in [3.05, 3.63) is 23.8 Å². The molecule has 2 amide bonds. The highest BCUT2D eigenvalue weighted by molar-refractivity contribution is 5.94. The topological polar surface area (TPSA) is 82.0 Å². The van der Waals surface area contributed by atoms with Crippen LogP contribution in [0.4, 0.5) is 20.2 Å². The van der Waals surface area contributed by atoms with Crippen LogP contribution in [0.3, 0.4) is 0 Å². The molecule has 0 aliphatic carbocycles. The number of anilines is 2. The van der Waals surface area contributed by atoms with Crippen LogP contribution in [0.2, 0.25) is 0 Å². The lowest BCUT2D eigenvalue weighted by molar-refractivity contribution is -0.115. The Bertz CT molecular complexity index is 538. The molecule has 0 atom stereocenters. The third kappa shape index (κ3) is 3.25. The van der Waals surface area contributed by atoms with E-state index in [2.05, 4.69) is 5.32 Å². The van der Waals surface area contributed by atoms with E-state index in [9.17, 15) is 18.4 Å². The molecule has 1 aromatic carbocycles. The van der Waals surface area contributed by atoms with Gasteiger partial charge < -0.3 is 10.6 Å². The SMILES string of the molecule is CC(=O)Nc1c(F)ccc(NC(=O)CC#N)c1F. The van der Waals surface area contributed by atoms with Crippen LogP contribution in [0.25, 0.3) is 0 Å². The van der Waals surface area contributed by atoms with Crippen LogP contribution in [0.1, 0.15) is 13.3 Å². The van der Waals surface area contributed by atoms with Gasteiger partial charge in [0.1, 0.15) is 17.9 Å². The summed E-state index contributed by atoms with van der Waals surface area (Å²) in [6, 6.07) is 3.49. The summed E-state index contributed by atoms with van der Waals surface area (Å²) in [5, 5.41) is 12.4. The fraction of sp³-hybridized carbons (Fsp3) is 0.182. The number of benzene rings is 1. The molecule has 2 N–H and O–H groups in total. The summed E-state index contributed by atoms with van der Waals surface area (Å²) >= 11 is 0. The molecule has 0 unspecified atom stereocenters. The monoisotopic (exact) mass is 253 g/mol. The van der Waals surface area contributed by atoms with Crippen LogP contribution < -0.4 is 10.6 Å². The molecule has 0 aromatic heterocycles. The molecular weight excluding hydrogens is 244 g/mol. The molecule has 1 aromatic rings. The Labute approximate surface area is 101 Å². The van der Waals surface area contributed by atoms with E-state index >= 15 is 0 Å². The van der Waals surface area contributed by atoms with Gasteiger partial charge in [0.05, 0.1) is 11.8 Å². The first-order valence-corrected chi connectivity index (χ1v) is 4.88. The predicted octanol–water partition coefficient (Wildman–Crippen LogP) is 1.78. The van der Waals surface area contributed by atoms with Crippen molar-refractivity contribution < 1.29 is 18.4 Å². The van der Waals surface area contributed by atoms with E-state index in [1.165, 1.54) is 0 Å². The molecule has 0 aliphatic heterocycles. The second-order valence-electron chi connectivity index (χ2n) is 3.35. The molecule has 18 heavy (non-hydrogen) atoms. The van der Waals surface area contributed by atoms with E-state index in [1.54, 1.807) is 6.07 Å². The number of hydrogen-bond donors (Lipinski definition) is 2. The van der Waals surface area contributed by atoms with Crippen LogP contribution in [0, 0.1) is 23.0 Å². The highest BCUT2D eigenvalue weighted by atomic mass is 19.1. The number of halogens is 2. The molecule has 0 saturated heterocycles. The second-order valence-corrected chi connectivity index (χ2v) is 3.35. The van der Waals surface area contributed by atoms with Crippen LogP contribution in [0.15, 0.2) is 12.1 Å². The lowest BCUT2D eigenvalue weighted by atomic mass is 10.2. The zero-order valence-corrected chi connectivity index (χ0v) is 9.38. The third-order valence-corrected chi connectivity index (χ3v) is 1.91. The molecule has 0 saturated carbocycles. The van der Waals surface area contributed by atoms with E-state index in [0.717, 1.165) is 19.1 Å². The van der Waals surface area contributed by atoms with E-state index in [-0.39, 0.29) is 5.69 Å². The Morgan fingerprint density at radius 2 is 2.00 bits per heavy atom. The quantitative estimate of drug-likeness (QED) is 0.861. The molecular formula is C11H9F2N3O2. The molecule has 7 heteroatoms. The van der Waals surface area contributed by atoms with Gasteiger partial charge in [0.2, 0.25) is 11.8 Å². The third-order valence-electron chi connectivity index (χ3n) is 1.91. The Morgan fingerprint density at radius 1 is 1.33 bits per heavy atom. The molecule has 1 rings (SSSR count). The van der Waals surface area contributed by atoms with Gasteiger partial charge in [-0.2, -0.15) is 5.26 Å². The van der Waals surface area contributed by atoms with Gasteiger partial charge in [-0.05, 0) is 12.1 Å². The Morgan fingerprint density at radius 3 is 2.56 bits per heavy atom. The van der Waals surface area contributed by atoms with Gasteiger partial charge in [-0.3, -0.25) is 9.59 Å². The van der Waals surface area contributed by atoms with Crippen molar-refractivity contribution in [2.45, 2.75) is 13.3 Å². The second kappa shape index (κ2) is 5.72. The van der Waals surface area contributed by atoms with Gasteiger partial charge in [-0.15, -0.1) is 0 Å². The summed E-state index contributed by atoms with van der Waals surface area (Å²) in [4.78, 5) is 21.9. The van der Waals surface area contributed by atoms with E-state index in [1.807, 2.05) is 5.32 Å². The lowest BCUT2D eigenvalue weighted by Gasteiger charge is -2.10. The molecule has 0 heterocycles. The van der Waals surface area contributed by atoms with E-state index in [0.29, 0.717) is 0 Å². The molecule has 0 spiro atoms. The molecule has 94 valence electrons. The summed E-state index contributed by atoms with van der Waals surface area (Å²) < 4.78 is 27.0. The maximum absolute atomic E-state index is 13.7. The van der Waals surface area contributed by atoms with Crippen LogP contribution in [0.5, 0.6) is 0 Å². The average molecular weight is 253 g/mol. The van der Waals surface area contributed by atoms with Gasteiger partial charge in [0.25, 0.3) is 0 Å². The summed E-state index contributed by atoms with van der Waals surface area (Å²) in [6.45, 7) is 1.10. The fourth-order valence-corrected chi connectivity index (χ4v) is 1.21. The van der Waals surface area contributed by atoms with Crippen molar-refractivity contribution in [3.63, 3.8) is 0 Å². The number of carbonyl (C=O) groups excluding carboxylic acids is 2.